The SMILES string of the molecule is Cc1c([N+]2(I)c3ccccc3N(C)[C@@H]2C)ccc2c1oc1cc3ccccc3cc12. The Morgan fingerprint density at radius 3 is 2.37 bits per heavy atom. The second-order valence-corrected chi connectivity index (χ2v) is 9.77. The molecule has 0 N–H and O–H groups in total. The smallest absolute Gasteiger partial charge is 0.262 e. The topological polar surface area (TPSA) is 16.4 Å². The molecule has 148 valence electrons. The van der Waals surface area contributed by atoms with Crippen LogP contribution in [0.3, 0.4) is 0 Å². The average Bonchev–Trinajstić information content (AvgIpc) is 3.23. The molecule has 1 unspecified atom stereocenters. The second-order valence-electron chi connectivity index (χ2n) is 8.25. The number of hydrogen-bond donors (Lipinski definition) is 0. The van der Waals surface area contributed by atoms with Crippen LogP contribution in [0.1, 0.15) is 12.5 Å². The van der Waals surface area contributed by atoms with Crippen LogP contribution in [0.5, 0.6) is 0 Å². The summed E-state index contributed by atoms with van der Waals surface area (Å²) in [4.78, 5) is 2.37. The summed E-state index contributed by atoms with van der Waals surface area (Å²) in [5.41, 5.74) is 7.03. The van der Waals surface area contributed by atoms with Gasteiger partial charge >= 0.3 is 0 Å². The maximum atomic E-state index is 6.46. The molecule has 2 atom stereocenters. The lowest BCUT2D eigenvalue weighted by Crippen LogP contribution is -2.45. The van der Waals surface area contributed by atoms with E-state index in [4.69, 9.17) is 4.42 Å². The van der Waals surface area contributed by atoms with Crippen LogP contribution in [0.25, 0.3) is 32.7 Å². The number of anilines is 1. The van der Waals surface area contributed by atoms with Gasteiger partial charge in [-0.3, -0.25) is 0 Å². The zero-order chi connectivity index (χ0) is 20.6. The van der Waals surface area contributed by atoms with Crippen molar-refractivity contribution in [1.82, 2.24) is 2.70 Å². The molecule has 0 radical (unpaired) electrons. The number of hydrogen-bond acceptors (Lipinski definition) is 2. The third-order valence-corrected chi connectivity index (χ3v) is 8.61. The lowest BCUT2D eigenvalue weighted by Gasteiger charge is -2.32. The van der Waals surface area contributed by atoms with E-state index in [-0.39, 0.29) is 6.17 Å². The van der Waals surface area contributed by atoms with E-state index in [0.717, 1.165) is 11.2 Å². The van der Waals surface area contributed by atoms with Crippen molar-refractivity contribution in [3.8, 4) is 0 Å². The van der Waals surface area contributed by atoms with Crippen LogP contribution in [0.4, 0.5) is 17.1 Å². The van der Waals surface area contributed by atoms with E-state index < -0.39 is 0 Å². The highest BCUT2D eigenvalue weighted by Gasteiger charge is 2.49. The first kappa shape index (κ1) is 18.2. The molecule has 0 saturated carbocycles. The summed E-state index contributed by atoms with van der Waals surface area (Å²) in [6.07, 6.45) is 0.283. The zero-order valence-corrected chi connectivity index (χ0v) is 19.3. The van der Waals surface area contributed by atoms with Crippen molar-refractivity contribution in [3.05, 3.63) is 78.4 Å². The molecule has 1 aromatic heterocycles. The molecule has 4 heteroatoms. The monoisotopic (exact) mass is 505 g/mol. The summed E-state index contributed by atoms with van der Waals surface area (Å²) < 4.78 is 7.17. The highest BCUT2D eigenvalue weighted by atomic mass is 127. The standard InChI is InChI=1S/C26H22IN2O/c1-16-23(29(27)17(2)28(3)22-10-6-7-11-24(22)29)13-12-20-21-14-18-8-4-5-9-19(18)15-25(21)30-26(16)20/h4-15,17H,1-3H3/q+1/t17-,29?/m0/s1. The average molecular weight is 505 g/mol. The number of quaternary nitrogens is 1. The molecule has 6 rings (SSSR count). The van der Waals surface area contributed by atoms with Crippen LogP contribution in [-0.2, 0) is 0 Å². The molecule has 0 bridgehead atoms. The van der Waals surface area contributed by atoms with Crippen molar-refractivity contribution in [3.63, 3.8) is 0 Å². The largest absolute Gasteiger partial charge is 0.456 e. The number of fused-ring (bicyclic) bond motifs is 5. The number of aryl methyl sites for hydroxylation is 1. The molecule has 5 aromatic rings. The molecule has 0 fully saturated rings. The van der Waals surface area contributed by atoms with E-state index in [1.165, 1.54) is 44.2 Å². The first-order valence-electron chi connectivity index (χ1n) is 10.3. The molecule has 2 heterocycles. The van der Waals surface area contributed by atoms with Gasteiger partial charge in [0.15, 0.2) is 17.5 Å². The predicted molar refractivity (Wildman–Crippen MR) is 136 cm³/mol. The number of halogens is 1. The third-order valence-electron chi connectivity index (χ3n) is 6.77. The molecule has 0 aliphatic carbocycles. The zero-order valence-electron chi connectivity index (χ0n) is 17.2. The first-order chi connectivity index (χ1) is 14.5. The Morgan fingerprint density at radius 2 is 1.57 bits per heavy atom. The lowest BCUT2D eigenvalue weighted by molar-refractivity contribution is 0.529. The Bertz CT molecular complexity index is 1470. The quantitative estimate of drug-likeness (QED) is 0.171. The van der Waals surface area contributed by atoms with Gasteiger partial charge in [-0.25, -0.2) is 0 Å². The minimum Gasteiger partial charge on any atom is -0.456 e. The predicted octanol–water partition coefficient (Wildman–Crippen LogP) is 7.83. The van der Waals surface area contributed by atoms with Crippen molar-refractivity contribution in [2.45, 2.75) is 20.0 Å². The Morgan fingerprint density at radius 1 is 0.867 bits per heavy atom. The molecule has 3 nitrogen and oxygen atoms in total. The molecule has 1 aliphatic heterocycles. The van der Waals surface area contributed by atoms with Gasteiger partial charge in [-0.2, -0.15) is 2.70 Å². The molecule has 30 heavy (non-hydrogen) atoms. The Balaban J connectivity index is 1.64. The van der Waals surface area contributed by atoms with E-state index in [2.05, 4.69) is 121 Å². The Hall–Kier alpha value is -2.57. The Labute approximate surface area is 189 Å². The van der Waals surface area contributed by atoms with Crippen LogP contribution < -0.4 is 7.60 Å². The molecule has 0 amide bonds. The van der Waals surface area contributed by atoms with Crippen molar-refractivity contribution in [1.29, 1.82) is 0 Å². The van der Waals surface area contributed by atoms with Gasteiger partial charge in [-0.1, -0.05) is 36.4 Å². The number of benzene rings is 4. The van der Waals surface area contributed by atoms with E-state index in [1.54, 1.807) is 0 Å². The van der Waals surface area contributed by atoms with Crippen LogP contribution in [0.15, 0.2) is 77.2 Å². The third kappa shape index (κ3) is 2.23. The first-order valence-corrected chi connectivity index (χ1v) is 11.2. The summed E-state index contributed by atoms with van der Waals surface area (Å²) in [5, 5.41) is 4.83. The maximum Gasteiger partial charge on any atom is 0.262 e. The van der Waals surface area contributed by atoms with Gasteiger partial charge in [0.05, 0.1) is 5.56 Å². The minimum absolute atomic E-state index is 0.283. The molecular formula is C26H22IN2O+. The highest BCUT2D eigenvalue weighted by Crippen LogP contribution is 2.55. The normalized spacial score (nSPS) is 21.1. The van der Waals surface area contributed by atoms with Gasteiger partial charge in [0, 0.05) is 36.9 Å². The number of rotatable bonds is 1. The number of para-hydroxylation sites is 2. The van der Waals surface area contributed by atoms with Crippen LogP contribution in [-0.4, -0.2) is 13.2 Å². The summed E-state index contributed by atoms with van der Waals surface area (Å²) in [7, 11) is 2.18. The minimum atomic E-state index is 0.283. The summed E-state index contributed by atoms with van der Waals surface area (Å²) >= 11 is 2.61. The number of nitrogens with zero attached hydrogens (tertiary/aromatic N) is 2. The van der Waals surface area contributed by atoms with Gasteiger partial charge in [0.2, 0.25) is 0 Å². The number of furan rings is 1. The second kappa shape index (κ2) is 6.22. The molecular weight excluding hydrogens is 483 g/mol. The van der Waals surface area contributed by atoms with Crippen molar-refractivity contribution < 1.29 is 4.42 Å². The van der Waals surface area contributed by atoms with Crippen molar-refractivity contribution >= 4 is 72.6 Å². The van der Waals surface area contributed by atoms with Gasteiger partial charge in [0.25, 0.3) is 22.9 Å². The molecule has 1 aliphatic rings. The fourth-order valence-electron chi connectivity index (χ4n) is 5.01. The van der Waals surface area contributed by atoms with Gasteiger partial charge in [-0.05, 0) is 42.0 Å². The van der Waals surface area contributed by atoms with Crippen LogP contribution in [0, 0.1) is 6.92 Å². The van der Waals surface area contributed by atoms with Gasteiger partial charge in [0.1, 0.15) is 16.9 Å². The summed E-state index contributed by atoms with van der Waals surface area (Å²) in [6, 6.07) is 26.1. The van der Waals surface area contributed by atoms with Crippen molar-refractivity contribution in [2.75, 3.05) is 11.9 Å². The van der Waals surface area contributed by atoms with Crippen LogP contribution >= 0.6 is 22.9 Å². The lowest BCUT2D eigenvalue weighted by atomic mass is 10.0. The molecule has 0 spiro atoms. The summed E-state index contributed by atoms with van der Waals surface area (Å²) in [5.74, 6) is 0. The molecule has 4 aromatic carbocycles. The molecule has 0 saturated heterocycles. The van der Waals surface area contributed by atoms with Crippen molar-refractivity contribution in [2.24, 2.45) is 0 Å². The van der Waals surface area contributed by atoms with E-state index in [1.807, 2.05) is 0 Å². The van der Waals surface area contributed by atoms with E-state index in [9.17, 15) is 0 Å². The van der Waals surface area contributed by atoms with Gasteiger partial charge < -0.3 is 9.32 Å². The van der Waals surface area contributed by atoms with Crippen LogP contribution in [0.2, 0.25) is 0 Å². The van der Waals surface area contributed by atoms with Gasteiger partial charge in [-0.15, -0.1) is 0 Å². The van der Waals surface area contributed by atoms with E-state index >= 15 is 0 Å². The maximum absolute atomic E-state index is 6.46. The fraction of sp³-hybridized carbons (Fsp3) is 0.154. The highest BCUT2D eigenvalue weighted by molar-refractivity contribution is 14.1. The Kier molecular flexibility index (Phi) is 3.78. The van der Waals surface area contributed by atoms with E-state index in [0.29, 0.717) is 2.70 Å². The summed E-state index contributed by atoms with van der Waals surface area (Å²) in [6.45, 7) is 4.49. The fourth-order valence-corrected chi connectivity index (χ4v) is 6.32.